The van der Waals surface area contributed by atoms with E-state index < -0.39 is 3.79 Å². The minimum atomic E-state index is -1.80. The van der Waals surface area contributed by atoms with Gasteiger partial charge < -0.3 is 4.74 Å². The molecule has 0 aromatic heterocycles. The molecule has 0 saturated heterocycles. The van der Waals surface area contributed by atoms with Gasteiger partial charge >= 0.3 is 0 Å². The molecule has 0 aliphatic heterocycles. The third-order valence-electron chi connectivity index (χ3n) is 2.32. The Morgan fingerprint density at radius 1 is 1.50 bits per heavy atom. The van der Waals surface area contributed by atoms with Crippen molar-refractivity contribution in [3.63, 3.8) is 0 Å². The summed E-state index contributed by atoms with van der Waals surface area (Å²) in [5.74, 6) is -0.101. The number of rotatable bonds is 6. The van der Waals surface area contributed by atoms with Crippen molar-refractivity contribution >= 4 is 40.7 Å². The van der Waals surface area contributed by atoms with Gasteiger partial charge in [-0.05, 0) is 12.3 Å². The first-order valence-electron chi connectivity index (χ1n) is 5.27. The molecule has 0 fully saturated rings. The van der Waals surface area contributed by atoms with Gasteiger partial charge in [-0.15, -0.1) is 0 Å². The largest absolute Gasteiger partial charge is 0.470 e. The number of alkyl halides is 3. The number of halogens is 3. The average Bonchev–Trinajstić information content (AvgIpc) is 2.20. The molecule has 0 bridgehead atoms. The third-order valence-corrected chi connectivity index (χ3v) is 2.83. The van der Waals surface area contributed by atoms with Gasteiger partial charge in [-0.1, -0.05) is 74.1 Å². The zero-order chi connectivity index (χ0) is 12.8. The zero-order valence-corrected chi connectivity index (χ0v) is 11.9. The first-order valence-corrected chi connectivity index (χ1v) is 6.41. The van der Waals surface area contributed by atoms with Crippen molar-refractivity contribution in [2.75, 3.05) is 0 Å². The maximum Gasteiger partial charge on any atom is 0.265 e. The van der Waals surface area contributed by atoms with Crippen molar-refractivity contribution < 1.29 is 4.74 Å². The fourth-order valence-corrected chi connectivity index (χ4v) is 1.42. The molecule has 0 unspecified atom stereocenters. The Labute approximate surface area is 112 Å². The van der Waals surface area contributed by atoms with E-state index in [-0.39, 0.29) is 17.9 Å². The lowest BCUT2D eigenvalue weighted by Crippen LogP contribution is -2.29. The Morgan fingerprint density at radius 3 is 2.44 bits per heavy atom. The lowest BCUT2D eigenvalue weighted by Gasteiger charge is -2.24. The van der Waals surface area contributed by atoms with E-state index in [0.29, 0.717) is 0 Å². The smallest absolute Gasteiger partial charge is 0.265 e. The van der Waals surface area contributed by atoms with Crippen LogP contribution >= 0.6 is 34.8 Å². The maximum absolute atomic E-state index is 7.48. The summed E-state index contributed by atoms with van der Waals surface area (Å²) < 4.78 is 3.49. The molecular weight excluding hydrogens is 268 g/mol. The molecule has 0 aromatic carbocycles. The summed E-state index contributed by atoms with van der Waals surface area (Å²) in [5, 5.41) is 7.48. The molecule has 5 heteroatoms. The normalized spacial score (nSPS) is 15.3. The van der Waals surface area contributed by atoms with E-state index in [2.05, 4.69) is 13.5 Å². The van der Waals surface area contributed by atoms with Crippen LogP contribution in [0.5, 0.6) is 0 Å². The van der Waals surface area contributed by atoms with E-state index in [9.17, 15) is 0 Å². The van der Waals surface area contributed by atoms with Crippen LogP contribution < -0.4 is 0 Å². The third kappa shape index (κ3) is 5.97. The fraction of sp³-hybridized carbons (Fsp3) is 0.727. The topological polar surface area (TPSA) is 33.1 Å². The van der Waals surface area contributed by atoms with Crippen LogP contribution in [0.3, 0.4) is 0 Å². The molecule has 0 amide bonds. The quantitative estimate of drug-likeness (QED) is 0.325. The second kappa shape index (κ2) is 7.41. The van der Waals surface area contributed by atoms with Gasteiger partial charge in [-0.2, -0.15) is 0 Å². The predicted molar refractivity (Wildman–Crippen MR) is 71.8 cm³/mol. The minimum absolute atomic E-state index is 0.255. The molecule has 0 aromatic rings. The summed E-state index contributed by atoms with van der Waals surface area (Å²) in [5.41, 5.74) is 0. The molecule has 0 spiro atoms. The number of hydrogen-bond acceptors (Lipinski definition) is 2. The molecule has 0 radical (unpaired) electrons. The SMILES string of the molecule is C=C[C@@H](OC(=N)C(Cl)(Cl)Cl)[C@H](C)CCCC. The molecule has 0 rings (SSSR count). The number of unbranched alkanes of at least 4 members (excludes halogenated alkanes) is 1. The monoisotopic (exact) mass is 285 g/mol. The Morgan fingerprint density at radius 2 is 2.06 bits per heavy atom. The van der Waals surface area contributed by atoms with Gasteiger partial charge in [0.15, 0.2) is 0 Å². The highest BCUT2D eigenvalue weighted by molar-refractivity contribution is 6.76. The molecule has 0 aliphatic rings. The Bertz CT molecular complexity index is 238. The van der Waals surface area contributed by atoms with Crippen LogP contribution in [0.15, 0.2) is 12.7 Å². The van der Waals surface area contributed by atoms with E-state index >= 15 is 0 Å². The number of nitrogens with one attached hydrogen (secondary N) is 1. The Kier molecular flexibility index (Phi) is 7.45. The molecule has 2 atom stereocenters. The van der Waals surface area contributed by atoms with Gasteiger partial charge in [0.05, 0.1) is 0 Å². The van der Waals surface area contributed by atoms with Crippen molar-refractivity contribution in [1.82, 2.24) is 0 Å². The predicted octanol–water partition coefficient (Wildman–Crippen LogP) is 4.73. The summed E-state index contributed by atoms with van der Waals surface area (Å²) in [7, 11) is 0. The lowest BCUT2D eigenvalue weighted by molar-refractivity contribution is 0.163. The standard InChI is InChI=1S/C11H18Cl3NO/c1-4-6-7-8(3)9(5-2)16-10(15)11(12,13)14/h5,8-9,15H,2,4,6-7H2,1,3H3/t8-,9-/m1/s1. The van der Waals surface area contributed by atoms with Crippen LogP contribution in [0.2, 0.25) is 0 Å². The van der Waals surface area contributed by atoms with Crippen molar-refractivity contribution in [3.8, 4) is 0 Å². The van der Waals surface area contributed by atoms with Crippen molar-refractivity contribution in [2.45, 2.75) is 43.0 Å². The summed E-state index contributed by atoms with van der Waals surface area (Å²) >= 11 is 16.6. The maximum atomic E-state index is 7.48. The molecule has 16 heavy (non-hydrogen) atoms. The van der Waals surface area contributed by atoms with Gasteiger partial charge in [0.2, 0.25) is 5.90 Å². The van der Waals surface area contributed by atoms with Crippen molar-refractivity contribution in [1.29, 1.82) is 5.41 Å². The van der Waals surface area contributed by atoms with Crippen LogP contribution in [0.1, 0.15) is 33.1 Å². The fourth-order valence-electron chi connectivity index (χ4n) is 1.29. The second-order valence-electron chi connectivity index (χ2n) is 3.76. The minimum Gasteiger partial charge on any atom is -0.470 e. The molecule has 2 nitrogen and oxygen atoms in total. The molecule has 1 N–H and O–H groups in total. The van der Waals surface area contributed by atoms with Crippen LogP contribution in [0, 0.1) is 11.3 Å². The van der Waals surface area contributed by atoms with E-state index in [1.807, 2.05) is 6.92 Å². The van der Waals surface area contributed by atoms with Crippen molar-refractivity contribution in [2.24, 2.45) is 5.92 Å². The van der Waals surface area contributed by atoms with Gasteiger partial charge in [-0.3, -0.25) is 5.41 Å². The zero-order valence-electron chi connectivity index (χ0n) is 9.60. The van der Waals surface area contributed by atoms with Gasteiger partial charge in [0.1, 0.15) is 6.10 Å². The van der Waals surface area contributed by atoms with Gasteiger partial charge in [0.25, 0.3) is 3.79 Å². The molecule has 94 valence electrons. The summed E-state index contributed by atoms with van der Waals surface area (Å²) in [4.78, 5) is 0. The summed E-state index contributed by atoms with van der Waals surface area (Å²) in [6.07, 6.45) is 4.59. The van der Waals surface area contributed by atoms with Crippen LogP contribution in [0.4, 0.5) is 0 Å². The lowest BCUT2D eigenvalue weighted by atomic mass is 9.98. The molecule has 0 heterocycles. The number of ether oxygens (including phenoxy) is 1. The first kappa shape index (κ1) is 16.1. The second-order valence-corrected chi connectivity index (χ2v) is 6.05. The van der Waals surface area contributed by atoms with E-state index in [1.54, 1.807) is 6.08 Å². The van der Waals surface area contributed by atoms with Gasteiger partial charge in [0, 0.05) is 0 Å². The highest BCUT2D eigenvalue weighted by Gasteiger charge is 2.31. The average molecular weight is 287 g/mol. The molecular formula is C11H18Cl3NO. The van der Waals surface area contributed by atoms with E-state index in [4.69, 9.17) is 44.9 Å². The Balaban J connectivity index is 4.29. The summed E-state index contributed by atoms with van der Waals surface area (Å²) in [6.45, 7) is 7.83. The highest BCUT2D eigenvalue weighted by atomic mass is 35.6. The summed E-state index contributed by atoms with van der Waals surface area (Å²) in [6, 6.07) is 0. The van der Waals surface area contributed by atoms with Crippen LogP contribution in [-0.2, 0) is 4.74 Å². The molecule has 0 aliphatic carbocycles. The van der Waals surface area contributed by atoms with Crippen LogP contribution in [-0.4, -0.2) is 15.8 Å². The highest BCUT2D eigenvalue weighted by Crippen LogP contribution is 2.29. The first-order chi connectivity index (χ1) is 7.32. The van der Waals surface area contributed by atoms with E-state index in [1.165, 1.54) is 0 Å². The van der Waals surface area contributed by atoms with Gasteiger partial charge in [-0.25, -0.2) is 0 Å². The van der Waals surface area contributed by atoms with Crippen LogP contribution in [0.25, 0.3) is 0 Å². The number of hydrogen-bond donors (Lipinski definition) is 1. The Hall–Kier alpha value is 0.0800. The van der Waals surface area contributed by atoms with Crippen molar-refractivity contribution in [3.05, 3.63) is 12.7 Å². The molecule has 0 saturated carbocycles. The van der Waals surface area contributed by atoms with E-state index in [0.717, 1.165) is 19.3 Å².